The highest BCUT2D eigenvalue weighted by Gasteiger charge is 2.13. The molecule has 0 saturated carbocycles. The second-order valence-corrected chi connectivity index (χ2v) is 3.62. The van der Waals surface area contributed by atoms with Gasteiger partial charge < -0.3 is 0 Å². The van der Waals surface area contributed by atoms with Crippen LogP contribution in [0.25, 0.3) is 0 Å². The summed E-state index contributed by atoms with van der Waals surface area (Å²) in [6.45, 7) is 0. The summed E-state index contributed by atoms with van der Waals surface area (Å²) in [4.78, 5) is 0. The largest absolute Gasteiger partial charge is 0.0620 e. The Bertz CT molecular complexity index is 381. The van der Waals surface area contributed by atoms with Gasteiger partial charge >= 0.3 is 0 Å². The highest BCUT2D eigenvalue weighted by molar-refractivity contribution is 5.52. The van der Waals surface area contributed by atoms with Crippen molar-refractivity contribution in [3.05, 3.63) is 77.2 Å². The lowest BCUT2D eigenvalue weighted by Crippen LogP contribution is -2.04. The standard InChI is InChI=1S/C14H10/c1-2-6-12-10-14-8-4-3-7-13(14)9-11(12)5-1/h1-8H,9H2. The molecule has 2 aromatic carbocycles. The molecule has 1 aliphatic rings. The van der Waals surface area contributed by atoms with Crippen LogP contribution in [0, 0.1) is 6.42 Å². The summed E-state index contributed by atoms with van der Waals surface area (Å²) >= 11 is 0. The molecule has 0 aliphatic heterocycles. The average Bonchev–Trinajstić information content (AvgIpc) is 2.26. The maximum Gasteiger partial charge on any atom is 0.0507 e. The Morgan fingerprint density at radius 1 is 0.714 bits per heavy atom. The van der Waals surface area contributed by atoms with Gasteiger partial charge in [-0.15, -0.1) is 0 Å². The zero-order chi connectivity index (χ0) is 9.38. The molecule has 0 bridgehead atoms. The average molecular weight is 178 g/mol. The predicted octanol–water partition coefficient (Wildman–Crippen LogP) is 3.07. The summed E-state index contributed by atoms with van der Waals surface area (Å²) in [5.41, 5.74) is 5.25. The van der Waals surface area contributed by atoms with Crippen molar-refractivity contribution in [3.8, 4) is 0 Å². The number of hydrogen-bond acceptors (Lipinski definition) is 0. The van der Waals surface area contributed by atoms with E-state index in [0.29, 0.717) is 0 Å². The summed E-state index contributed by atoms with van der Waals surface area (Å²) in [6, 6.07) is 16.9. The third-order valence-corrected chi connectivity index (χ3v) is 2.68. The van der Waals surface area contributed by atoms with Gasteiger partial charge in [0.25, 0.3) is 0 Å². The third kappa shape index (κ3) is 1.15. The van der Waals surface area contributed by atoms with Crippen LogP contribution in [0.2, 0.25) is 0 Å². The maximum absolute atomic E-state index is 3.44. The van der Waals surface area contributed by atoms with Crippen LogP contribution in [0.5, 0.6) is 0 Å². The van der Waals surface area contributed by atoms with Crippen molar-refractivity contribution in [1.29, 1.82) is 0 Å². The van der Waals surface area contributed by atoms with Gasteiger partial charge in [-0.2, -0.15) is 0 Å². The SMILES string of the molecule is [C]1c2ccccc2Cc2ccccc21. The van der Waals surface area contributed by atoms with Crippen LogP contribution in [-0.2, 0) is 6.42 Å². The molecule has 0 nitrogen and oxygen atoms in total. The Morgan fingerprint density at radius 2 is 1.21 bits per heavy atom. The predicted molar refractivity (Wildman–Crippen MR) is 57.1 cm³/mol. The van der Waals surface area contributed by atoms with E-state index in [2.05, 4.69) is 55.0 Å². The second-order valence-electron chi connectivity index (χ2n) is 3.62. The van der Waals surface area contributed by atoms with Gasteiger partial charge in [0.15, 0.2) is 0 Å². The first-order valence-corrected chi connectivity index (χ1v) is 4.86. The Morgan fingerprint density at radius 3 is 1.79 bits per heavy atom. The zero-order valence-electron chi connectivity index (χ0n) is 7.83. The van der Waals surface area contributed by atoms with Gasteiger partial charge in [0.1, 0.15) is 0 Å². The molecule has 2 aromatic rings. The molecule has 0 atom stereocenters. The number of fused-ring (bicyclic) bond motifs is 2. The fourth-order valence-electron chi connectivity index (χ4n) is 1.94. The quantitative estimate of drug-likeness (QED) is 0.496. The molecule has 0 saturated heterocycles. The van der Waals surface area contributed by atoms with Crippen molar-refractivity contribution in [2.24, 2.45) is 0 Å². The van der Waals surface area contributed by atoms with Crippen LogP contribution in [0.15, 0.2) is 48.5 Å². The monoisotopic (exact) mass is 178 g/mol. The van der Waals surface area contributed by atoms with Crippen LogP contribution in [0.4, 0.5) is 0 Å². The lowest BCUT2D eigenvalue weighted by molar-refractivity contribution is 1.10. The van der Waals surface area contributed by atoms with Crippen molar-refractivity contribution >= 4 is 0 Å². The molecule has 0 spiro atoms. The number of hydrogen-bond donors (Lipinski definition) is 0. The maximum atomic E-state index is 3.44. The van der Waals surface area contributed by atoms with E-state index in [1.54, 1.807) is 0 Å². The number of benzene rings is 2. The lowest BCUT2D eigenvalue weighted by Gasteiger charge is -2.17. The van der Waals surface area contributed by atoms with E-state index in [1.165, 1.54) is 22.3 Å². The summed E-state index contributed by atoms with van der Waals surface area (Å²) in [5.74, 6) is 0. The molecule has 0 fully saturated rings. The van der Waals surface area contributed by atoms with E-state index in [-0.39, 0.29) is 0 Å². The highest BCUT2D eigenvalue weighted by atomic mass is 14.2. The molecule has 1 aliphatic carbocycles. The van der Waals surface area contributed by atoms with Crippen molar-refractivity contribution in [3.63, 3.8) is 0 Å². The summed E-state index contributed by atoms with van der Waals surface area (Å²) < 4.78 is 0. The first-order chi connectivity index (χ1) is 6.93. The molecule has 66 valence electrons. The van der Waals surface area contributed by atoms with Gasteiger partial charge in [-0.25, -0.2) is 0 Å². The topological polar surface area (TPSA) is 0 Å². The molecular formula is C14H10. The van der Waals surface area contributed by atoms with E-state index in [4.69, 9.17) is 0 Å². The molecule has 2 radical (unpaired) electrons. The second kappa shape index (κ2) is 2.98. The zero-order valence-corrected chi connectivity index (χ0v) is 7.83. The molecule has 14 heavy (non-hydrogen) atoms. The van der Waals surface area contributed by atoms with Gasteiger partial charge in [0.05, 0.1) is 6.42 Å². The minimum Gasteiger partial charge on any atom is -0.0620 e. The first kappa shape index (κ1) is 7.81. The lowest BCUT2D eigenvalue weighted by atomic mass is 9.86. The molecule has 3 rings (SSSR count). The van der Waals surface area contributed by atoms with E-state index in [9.17, 15) is 0 Å². The third-order valence-electron chi connectivity index (χ3n) is 2.68. The van der Waals surface area contributed by atoms with Crippen molar-refractivity contribution in [2.75, 3.05) is 0 Å². The fraction of sp³-hybridized carbons (Fsp3) is 0.0714. The van der Waals surface area contributed by atoms with Gasteiger partial charge in [0, 0.05) is 0 Å². The molecule has 0 amide bonds. The van der Waals surface area contributed by atoms with Crippen LogP contribution < -0.4 is 0 Å². The van der Waals surface area contributed by atoms with Crippen molar-refractivity contribution in [1.82, 2.24) is 0 Å². The smallest absolute Gasteiger partial charge is 0.0507 e. The highest BCUT2D eigenvalue weighted by Crippen LogP contribution is 2.27. The Balaban J connectivity index is 2.12. The van der Waals surface area contributed by atoms with Gasteiger partial charge in [-0.05, 0) is 28.7 Å². The Kier molecular flexibility index (Phi) is 1.66. The van der Waals surface area contributed by atoms with Gasteiger partial charge in [-0.3, -0.25) is 0 Å². The minimum absolute atomic E-state index is 1.04. The summed E-state index contributed by atoms with van der Waals surface area (Å²) in [6.07, 6.45) is 4.48. The van der Waals surface area contributed by atoms with Crippen LogP contribution in [-0.4, -0.2) is 0 Å². The summed E-state index contributed by atoms with van der Waals surface area (Å²) in [7, 11) is 0. The summed E-state index contributed by atoms with van der Waals surface area (Å²) in [5, 5.41) is 0. The molecule has 0 heteroatoms. The van der Waals surface area contributed by atoms with Crippen molar-refractivity contribution in [2.45, 2.75) is 6.42 Å². The molecule has 0 N–H and O–H groups in total. The van der Waals surface area contributed by atoms with Crippen LogP contribution in [0.1, 0.15) is 22.3 Å². The Labute approximate surface area is 84.2 Å². The minimum atomic E-state index is 1.04. The van der Waals surface area contributed by atoms with E-state index < -0.39 is 0 Å². The van der Waals surface area contributed by atoms with Gasteiger partial charge in [-0.1, -0.05) is 48.5 Å². The molecule has 0 aromatic heterocycles. The Hall–Kier alpha value is -1.56. The van der Waals surface area contributed by atoms with E-state index >= 15 is 0 Å². The molecule has 0 unspecified atom stereocenters. The van der Waals surface area contributed by atoms with E-state index in [1.807, 2.05) is 0 Å². The van der Waals surface area contributed by atoms with Crippen molar-refractivity contribution < 1.29 is 0 Å². The normalized spacial score (nSPS) is 13.1. The number of rotatable bonds is 0. The first-order valence-electron chi connectivity index (χ1n) is 4.86. The van der Waals surface area contributed by atoms with Crippen LogP contribution in [0.3, 0.4) is 0 Å². The molecule has 0 heterocycles. The molecular weight excluding hydrogens is 168 g/mol. The van der Waals surface area contributed by atoms with E-state index in [0.717, 1.165) is 6.42 Å². The van der Waals surface area contributed by atoms with Crippen LogP contribution >= 0.6 is 0 Å². The fourth-order valence-corrected chi connectivity index (χ4v) is 1.94. The van der Waals surface area contributed by atoms with Gasteiger partial charge in [0.2, 0.25) is 0 Å².